The molecule has 0 radical (unpaired) electrons. The van der Waals surface area contributed by atoms with E-state index in [1.54, 1.807) is 0 Å². The maximum atomic E-state index is 10.8. The number of rotatable bonds is 4. The van der Waals surface area contributed by atoms with Crippen molar-refractivity contribution in [2.75, 3.05) is 5.33 Å². The molecule has 88 valence electrons. The van der Waals surface area contributed by atoms with Gasteiger partial charge in [0.05, 0.1) is 4.92 Å². The molecule has 0 bridgehead atoms. The Kier molecular flexibility index (Phi) is 3.91. The molecule has 0 aromatic heterocycles. The van der Waals surface area contributed by atoms with Crippen LogP contribution in [0.5, 0.6) is 5.75 Å². The number of hydrogen-bond acceptors (Lipinski definition) is 3. The lowest BCUT2D eigenvalue weighted by molar-refractivity contribution is -0.385. The quantitative estimate of drug-likeness (QED) is 0.525. The molecule has 0 amide bonds. The molecular formula is C11H14BrNO3. The normalized spacial score (nSPS) is 11.4. The molecule has 0 spiro atoms. The SMILES string of the molecule is CC(C)(CBr)Cc1cc(O)ccc1[N+](=O)[O-]. The van der Waals surface area contributed by atoms with Crippen molar-refractivity contribution < 1.29 is 10.0 Å². The Morgan fingerprint density at radius 2 is 2.12 bits per heavy atom. The van der Waals surface area contributed by atoms with Crippen molar-refractivity contribution in [1.82, 2.24) is 0 Å². The fraction of sp³-hybridized carbons (Fsp3) is 0.455. The molecular weight excluding hydrogens is 274 g/mol. The summed E-state index contributed by atoms with van der Waals surface area (Å²) >= 11 is 3.38. The number of nitro groups is 1. The highest BCUT2D eigenvalue weighted by atomic mass is 79.9. The van der Waals surface area contributed by atoms with Gasteiger partial charge in [0, 0.05) is 17.0 Å². The van der Waals surface area contributed by atoms with Crippen LogP contribution < -0.4 is 0 Å². The second-order valence-corrected chi connectivity index (χ2v) is 5.11. The summed E-state index contributed by atoms with van der Waals surface area (Å²) in [5, 5.41) is 20.9. The fourth-order valence-electron chi connectivity index (χ4n) is 1.45. The highest BCUT2D eigenvalue weighted by molar-refractivity contribution is 9.09. The molecule has 0 aliphatic carbocycles. The number of halogens is 1. The summed E-state index contributed by atoms with van der Waals surface area (Å²) in [5.41, 5.74) is 0.541. The van der Waals surface area contributed by atoms with Crippen LogP contribution in [0.15, 0.2) is 18.2 Å². The van der Waals surface area contributed by atoms with Crippen LogP contribution in [0.3, 0.4) is 0 Å². The highest BCUT2D eigenvalue weighted by Gasteiger charge is 2.23. The van der Waals surface area contributed by atoms with E-state index in [4.69, 9.17) is 0 Å². The van der Waals surface area contributed by atoms with Gasteiger partial charge in [0.15, 0.2) is 0 Å². The Morgan fingerprint density at radius 1 is 1.50 bits per heavy atom. The first-order valence-electron chi connectivity index (χ1n) is 4.88. The summed E-state index contributed by atoms with van der Waals surface area (Å²) in [5.74, 6) is 0.0611. The van der Waals surface area contributed by atoms with Crippen molar-refractivity contribution >= 4 is 21.6 Å². The molecule has 0 fully saturated rings. The van der Waals surface area contributed by atoms with Crippen molar-refractivity contribution in [3.8, 4) is 5.75 Å². The largest absolute Gasteiger partial charge is 0.508 e. The third-order valence-electron chi connectivity index (χ3n) is 2.29. The molecule has 0 saturated carbocycles. The molecule has 0 aliphatic heterocycles. The number of nitro benzene ring substituents is 1. The molecule has 0 aliphatic rings. The Hall–Kier alpha value is -1.10. The van der Waals surface area contributed by atoms with Crippen LogP contribution in [0.25, 0.3) is 0 Å². The minimum atomic E-state index is -0.418. The molecule has 0 heterocycles. The van der Waals surface area contributed by atoms with E-state index in [1.807, 2.05) is 13.8 Å². The summed E-state index contributed by atoms with van der Waals surface area (Å²) in [7, 11) is 0. The molecule has 0 unspecified atom stereocenters. The minimum Gasteiger partial charge on any atom is -0.508 e. The van der Waals surface area contributed by atoms with Gasteiger partial charge in [0.1, 0.15) is 5.75 Å². The maximum Gasteiger partial charge on any atom is 0.272 e. The zero-order valence-electron chi connectivity index (χ0n) is 9.24. The van der Waals surface area contributed by atoms with E-state index in [2.05, 4.69) is 15.9 Å². The van der Waals surface area contributed by atoms with Crippen LogP contribution in [-0.4, -0.2) is 15.4 Å². The Labute approximate surface area is 103 Å². The number of aromatic hydroxyl groups is 1. The third-order valence-corrected chi connectivity index (χ3v) is 3.81. The molecule has 1 rings (SSSR count). The van der Waals surface area contributed by atoms with Gasteiger partial charge in [0.2, 0.25) is 0 Å². The first kappa shape index (κ1) is 13.0. The lowest BCUT2D eigenvalue weighted by Gasteiger charge is -2.21. The van der Waals surface area contributed by atoms with E-state index in [9.17, 15) is 15.2 Å². The van der Waals surface area contributed by atoms with Crippen molar-refractivity contribution in [3.63, 3.8) is 0 Å². The van der Waals surface area contributed by atoms with E-state index in [0.29, 0.717) is 12.0 Å². The molecule has 0 saturated heterocycles. The number of hydrogen-bond donors (Lipinski definition) is 1. The van der Waals surface area contributed by atoms with E-state index < -0.39 is 4.92 Å². The molecule has 5 heteroatoms. The maximum absolute atomic E-state index is 10.8. The van der Waals surface area contributed by atoms with E-state index in [0.717, 1.165) is 5.33 Å². The van der Waals surface area contributed by atoms with Gasteiger partial charge < -0.3 is 5.11 Å². The lowest BCUT2D eigenvalue weighted by atomic mass is 9.87. The van der Waals surface area contributed by atoms with Gasteiger partial charge in [-0.25, -0.2) is 0 Å². The standard InChI is InChI=1S/C11H14BrNO3/c1-11(2,7-12)6-8-5-9(14)3-4-10(8)13(15)16/h3-5,14H,6-7H2,1-2H3. The minimum absolute atomic E-state index is 0.0611. The van der Waals surface area contributed by atoms with Crippen molar-refractivity contribution in [1.29, 1.82) is 0 Å². The first-order valence-corrected chi connectivity index (χ1v) is 6.00. The molecule has 1 aromatic carbocycles. The van der Waals surface area contributed by atoms with Gasteiger partial charge in [-0.15, -0.1) is 0 Å². The summed E-state index contributed by atoms with van der Waals surface area (Å²) in [6.07, 6.45) is 0.545. The Morgan fingerprint density at radius 3 is 2.62 bits per heavy atom. The summed E-state index contributed by atoms with van der Waals surface area (Å²) < 4.78 is 0. The predicted molar refractivity (Wildman–Crippen MR) is 66.0 cm³/mol. The summed E-state index contributed by atoms with van der Waals surface area (Å²) in [6, 6.07) is 4.14. The summed E-state index contributed by atoms with van der Waals surface area (Å²) in [6.45, 7) is 4.02. The predicted octanol–water partition coefficient (Wildman–Crippen LogP) is 3.26. The van der Waals surface area contributed by atoms with Crippen LogP contribution >= 0.6 is 15.9 Å². The molecule has 1 aromatic rings. The Balaban J connectivity index is 3.10. The van der Waals surface area contributed by atoms with Crippen LogP contribution in [0.2, 0.25) is 0 Å². The average Bonchev–Trinajstić information content (AvgIpc) is 2.16. The monoisotopic (exact) mass is 287 g/mol. The van der Waals surface area contributed by atoms with Gasteiger partial charge in [0.25, 0.3) is 5.69 Å². The van der Waals surface area contributed by atoms with Crippen LogP contribution in [0.4, 0.5) is 5.69 Å². The first-order chi connectivity index (χ1) is 7.35. The van der Waals surface area contributed by atoms with Gasteiger partial charge in [-0.05, 0) is 24.0 Å². The summed E-state index contributed by atoms with van der Waals surface area (Å²) in [4.78, 5) is 10.4. The van der Waals surface area contributed by atoms with Crippen LogP contribution in [0, 0.1) is 15.5 Å². The van der Waals surface area contributed by atoms with Gasteiger partial charge >= 0.3 is 0 Å². The number of phenols is 1. The van der Waals surface area contributed by atoms with Crippen LogP contribution in [0.1, 0.15) is 19.4 Å². The van der Waals surface area contributed by atoms with Crippen LogP contribution in [-0.2, 0) is 6.42 Å². The molecule has 4 nitrogen and oxygen atoms in total. The van der Waals surface area contributed by atoms with E-state index in [-0.39, 0.29) is 16.9 Å². The topological polar surface area (TPSA) is 63.4 Å². The highest BCUT2D eigenvalue weighted by Crippen LogP contribution is 2.31. The average molecular weight is 288 g/mol. The van der Waals surface area contributed by atoms with E-state index in [1.165, 1.54) is 18.2 Å². The number of nitrogens with zero attached hydrogens (tertiary/aromatic N) is 1. The van der Waals surface area contributed by atoms with Gasteiger partial charge in [-0.2, -0.15) is 0 Å². The van der Waals surface area contributed by atoms with E-state index >= 15 is 0 Å². The number of phenolic OH excluding ortho intramolecular Hbond substituents is 1. The molecule has 0 atom stereocenters. The van der Waals surface area contributed by atoms with Crippen molar-refractivity contribution in [2.45, 2.75) is 20.3 Å². The van der Waals surface area contributed by atoms with Crippen molar-refractivity contribution in [2.24, 2.45) is 5.41 Å². The lowest BCUT2D eigenvalue weighted by Crippen LogP contribution is -2.17. The van der Waals surface area contributed by atoms with Gasteiger partial charge in [-0.3, -0.25) is 10.1 Å². The fourth-order valence-corrected chi connectivity index (χ4v) is 1.65. The molecule has 16 heavy (non-hydrogen) atoms. The number of benzene rings is 1. The Bertz CT molecular complexity index is 404. The third kappa shape index (κ3) is 3.20. The van der Waals surface area contributed by atoms with Crippen molar-refractivity contribution in [3.05, 3.63) is 33.9 Å². The zero-order valence-corrected chi connectivity index (χ0v) is 10.8. The molecule has 1 N–H and O–H groups in total. The second kappa shape index (κ2) is 4.82. The second-order valence-electron chi connectivity index (χ2n) is 4.54. The van der Waals surface area contributed by atoms with Gasteiger partial charge in [-0.1, -0.05) is 29.8 Å². The smallest absolute Gasteiger partial charge is 0.272 e. The zero-order chi connectivity index (χ0) is 12.3. The number of alkyl halides is 1.